The van der Waals surface area contributed by atoms with Gasteiger partial charge >= 0.3 is 6.09 Å². The third-order valence-corrected chi connectivity index (χ3v) is 3.32. The minimum Gasteiger partial charge on any atom is -0.444 e. The van der Waals surface area contributed by atoms with Gasteiger partial charge in [-0.15, -0.1) is 0 Å². The van der Waals surface area contributed by atoms with E-state index in [1.54, 1.807) is 17.2 Å². The molecule has 110 valence electrons. The SMILES string of the molecule is CC(C)(C)OC(=O)N1CCC(c2ncccc2F)CC1. The van der Waals surface area contributed by atoms with Crippen LogP contribution in [0.3, 0.4) is 0 Å². The van der Waals surface area contributed by atoms with E-state index in [2.05, 4.69) is 4.98 Å². The van der Waals surface area contributed by atoms with Gasteiger partial charge in [-0.3, -0.25) is 4.98 Å². The van der Waals surface area contributed by atoms with Crippen molar-refractivity contribution in [2.45, 2.75) is 45.1 Å². The van der Waals surface area contributed by atoms with Crippen LogP contribution in [0.15, 0.2) is 18.3 Å². The predicted octanol–water partition coefficient (Wildman–Crippen LogP) is 3.34. The number of pyridine rings is 1. The van der Waals surface area contributed by atoms with E-state index in [0.29, 0.717) is 31.6 Å². The number of hydrogen-bond donors (Lipinski definition) is 0. The number of rotatable bonds is 1. The van der Waals surface area contributed by atoms with Gasteiger partial charge in [0.25, 0.3) is 0 Å². The molecule has 0 saturated carbocycles. The molecule has 0 aliphatic carbocycles. The first-order chi connectivity index (χ1) is 9.37. The van der Waals surface area contributed by atoms with E-state index in [4.69, 9.17) is 4.74 Å². The van der Waals surface area contributed by atoms with Gasteiger partial charge in [0.2, 0.25) is 0 Å². The molecule has 2 rings (SSSR count). The Hall–Kier alpha value is -1.65. The second-order valence-corrected chi connectivity index (χ2v) is 6.11. The molecular weight excluding hydrogens is 259 g/mol. The normalized spacial score (nSPS) is 17.1. The smallest absolute Gasteiger partial charge is 0.410 e. The van der Waals surface area contributed by atoms with Gasteiger partial charge in [-0.05, 0) is 45.7 Å². The molecule has 0 aromatic carbocycles. The van der Waals surface area contributed by atoms with Gasteiger partial charge in [0.15, 0.2) is 0 Å². The number of nitrogens with zero attached hydrogens (tertiary/aromatic N) is 2. The zero-order valence-corrected chi connectivity index (χ0v) is 12.2. The highest BCUT2D eigenvalue weighted by Gasteiger charge is 2.28. The van der Waals surface area contributed by atoms with Crippen LogP contribution in [0.4, 0.5) is 9.18 Å². The molecule has 0 atom stereocenters. The van der Waals surface area contributed by atoms with Crippen LogP contribution in [-0.2, 0) is 4.74 Å². The fourth-order valence-corrected chi connectivity index (χ4v) is 2.36. The van der Waals surface area contributed by atoms with Crippen LogP contribution in [0.25, 0.3) is 0 Å². The van der Waals surface area contributed by atoms with Crippen LogP contribution in [0.2, 0.25) is 0 Å². The fourth-order valence-electron chi connectivity index (χ4n) is 2.36. The Morgan fingerprint density at radius 1 is 1.40 bits per heavy atom. The van der Waals surface area contributed by atoms with Gasteiger partial charge in [0.1, 0.15) is 11.4 Å². The molecule has 2 heterocycles. The van der Waals surface area contributed by atoms with Gasteiger partial charge in [-0.2, -0.15) is 0 Å². The molecule has 1 aromatic rings. The molecule has 4 nitrogen and oxygen atoms in total. The van der Waals surface area contributed by atoms with Crippen molar-refractivity contribution >= 4 is 6.09 Å². The Kier molecular flexibility index (Phi) is 4.26. The molecule has 20 heavy (non-hydrogen) atoms. The molecule has 1 saturated heterocycles. The Morgan fingerprint density at radius 2 is 2.05 bits per heavy atom. The summed E-state index contributed by atoms with van der Waals surface area (Å²) in [6.45, 7) is 6.70. The lowest BCUT2D eigenvalue weighted by molar-refractivity contribution is 0.0203. The van der Waals surface area contributed by atoms with Crippen molar-refractivity contribution in [2.75, 3.05) is 13.1 Å². The maximum absolute atomic E-state index is 13.7. The van der Waals surface area contributed by atoms with E-state index in [9.17, 15) is 9.18 Å². The van der Waals surface area contributed by atoms with E-state index in [1.165, 1.54) is 6.07 Å². The Morgan fingerprint density at radius 3 is 2.60 bits per heavy atom. The van der Waals surface area contributed by atoms with Crippen molar-refractivity contribution in [3.8, 4) is 0 Å². The number of likely N-dealkylation sites (tertiary alicyclic amines) is 1. The highest BCUT2D eigenvalue weighted by atomic mass is 19.1. The van der Waals surface area contributed by atoms with Crippen molar-refractivity contribution in [3.63, 3.8) is 0 Å². The monoisotopic (exact) mass is 280 g/mol. The fraction of sp³-hybridized carbons (Fsp3) is 0.600. The molecule has 0 radical (unpaired) electrons. The second kappa shape index (κ2) is 5.77. The first kappa shape index (κ1) is 14.8. The topological polar surface area (TPSA) is 42.4 Å². The van der Waals surface area contributed by atoms with Gasteiger partial charge in [0, 0.05) is 25.2 Å². The van der Waals surface area contributed by atoms with E-state index in [-0.39, 0.29) is 17.8 Å². The number of amides is 1. The van der Waals surface area contributed by atoms with Gasteiger partial charge in [-0.1, -0.05) is 0 Å². The van der Waals surface area contributed by atoms with E-state index in [1.807, 2.05) is 20.8 Å². The molecule has 1 aliphatic rings. The van der Waals surface area contributed by atoms with Crippen LogP contribution in [-0.4, -0.2) is 34.7 Å². The van der Waals surface area contributed by atoms with E-state index < -0.39 is 5.60 Å². The largest absolute Gasteiger partial charge is 0.444 e. The summed E-state index contributed by atoms with van der Waals surface area (Å²) in [6, 6.07) is 3.03. The first-order valence-corrected chi connectivity index (χ1v) is 6.95. The summed E-state index contributed by atoms with van der Waals surface area (Å²) < 4.78 is 19.0. The molecule has 0 unspecified atom stereocenters. The Labute approximate surface area is 118 Å². The predicted molar refractivity (Wildman–Crippen MR) is 74.0 cm³/mol. The minimum absolute atomic E-state index is 0.0786. The Bertz CT molecular complexity index is 477. The molecule has 0 spiro atoms. The molecule has 1 amide bonds. The summed E-state index contributed by atoms with van der Waals surface area (Å²) in [6.07, 6.45) is 2.75. The molecule has 1 aromatic heterocycles. The maximum Gasteiger partial charge on any atom is 0.410 e. The summed E-state index contributed by atoms with van der Waals surface area (Å²) in [5.74, 6) is -0.182. The highest BCUT2D eigenvalue weighted by Crippen LogP contribution is 2.28. The van der Waals surface area contributed by atoms with Crippen molar-refractivity contribution in [2.24, 2.45) is 0 Å². The van der Waals surface area contributed by atoms with Crippen LogP contribution in [0, 0.1) is 5.82 Å². The minimum atomic E-state index is -0.485. The average Bonchev–Trinajstić information content (AvgIpc) is 2.37. The second-order valence-electron chi connectivity index (χ2n) is 6.11. The number of ether oxygens (including phenoxy) is 1. The van der Waals surface area contributed by atoms with Crippen LogP contribution in [0.5, 0.6) is 0 Å². The lowest BCUT2D eigenvalue weighted by Crippen LogP contribution is -2.41. The molecule has 5 heteroatoms. The zero-order valence-electron chi connectivity index (χ0n) is 12.2. The van der Waals surface area contributed by atoms with Gasteiger partial charge < -0.3 is 9.64 Å². The standard InChI is InChI=1S/C15H21FN2O2/c1-15(2,3)20-14(19)18-9-6-11(7-10-18)13-12(16)5-4-8-17-13/h4-5,8,11H,6-7,9-10H2,1-3H3. The molecule has 1 fully saturated rings. The number of aromatic nitrogens is 1. The summed E-state index contributed by atoms with van der Waals surface area (Å²) in [4.78, 5) is 17.7. The third-order valence-electron chi connectivity index (χ3n) is 3.32. The molecule has 1 aliphatic heterocycles. The van der Waals surface area contributed by atoms with Crippen molar-refractivity contribution in [3.05, 3.63) is 29.8 Å². The maximum atomic E-state index is 13.7. The van der Waals surface area contributed by atoms with E-state index >= 15 is 0 Å². The average molecular weight is 280 g/mol. The number of halogens is 1. The molecular formula is C15H21FN2O2. The Balaban J connectivity index is 1.93. The van der Waals surface area contributed by atoms with Crippen LogP contribution in [0.1, 0.15) is 45.2 Å². The number of carbonyl (C=O) groups excluding carboxylic acids is 1. The van der Waals surface area contributed by atoms with Crippen molar-refractivity contribution in [1.82, 2.24) is 9.88 Å². The third kappa shape index (κ3) is 3.68. The van der Waals surface area contributed by atoms with Crippen molar-refractivity contribution in [1.29, 1.82) is 0 Å². The number of hydrogen-bond acceptors (Lipinski definition) is 3. The van der Waals surface area contributed by atoms with Gasteiger partial charge in [0.05, 0.1) is 5.69 Å². The number of carbonyl (C=O) groups is 1. The summed E-state index contributed by atoms with van der Waals surface area (Å²) >= 11 is 0. The zero-order chi connectivity index (χ0) is 14.8. The lowest BCUT2D eigenvalue weighted by Gasteiger charge is -2.33. The summed E-state index contributed by atoms with van der Waals surface area (Å²) in [5, 5.41) is 0. The number of piperidine rings is 1. The summed E-state index contributed by atoms with van der Waals surface area (Å²) in [5.41, 5.74) is 0.0254. The first-order valence-electron chi connectivity index (χ1n) is 6.95. The highest BCUT2D eigenvalue weighted by molar-refractivity contribution is 5.68. The van der Waals surface area contributed by atoms with Gasteiger partial charge in [-0.25, -0.2) is 9.18 Å². The van der Waals surface area contributed by atoms with E-state index in [0.717, 1.165) is 0 Å². The molecule has 0 N–H and O–H groups in total. The quantitative estimate of drug-likeness (QED) is 0.792. The molecule has 0 bridgehead atoms. The summed E-state index contributed by atoms with van der Waals surface area (Å²) in [7, 11) is 0. The van der Waals surface area contributed by atoms with Crippen molar-refractivity contribution < 1.29 is 13.9 Å². The lowest BCUT2D eigenvalue weighted by atomic mass is 9.93. The van der Waals surface area contributed by atoms with Crippen LogP contribution >= 0.6 is 0 Å². The van der Waals surface area contributed by atoms with Crippen LogP contribution < -0.4 is 0 Å².